The van der Waals surface area contributed by atoms with Gasteiger partial charge in [-0.2, -0.15) is 5.10 Å². The Morgan fingerprint density at radius 2 is 2.21 bits per heavy atom. The minimum atomic E-state index is -0.391. The van der Waals surface area contributed by atoms with E-state index in [0.717, 1.165) is 17.9 Å². The fourth-order valence-electron chi connectivity index (χ4n) is 1.96. The average molecular weight is 283 g/mol. The van der Waals surface area contributed by atoms with Gasteiger partial charge >= 0.3 is 0 Å². The molecule has 102 valence electrons. The van der Waals surface area contributed by atoms with E-state index < -0.39 is 5.82 Å². The van der Waals surface area contributed by atoms with E-state index >= 15 is 0 Å². The first-order chi connectivity index (χ1) is 9.15. The second-order valence-corrected chi connectivity index (χ2v) is 4.51. The summed E-state index contributed by atoms with van der Waals surface area (Å²) in [6, 6.07) is 6.69. The SMILES string of the molecule is CCn1nc(C)cc1COc1c(F)cccc1CCl. The molecule has 0 aliphatic heterocycles. The van der Waals surface area contributed by atoms with Gasteiger partial charge < -0.3 is 4.74 Å². The molecule has 1 heterocycles. The molecule has 2 aromatic rings. The van der Waals surface area contributed by atoms with Crippen LogP contribution in [0.4, 0.5) is 4.39 Å². The third kappa shape index (κ3) is 3.07. The van der Waals surface area contributed by atoms with Gasteiger partial charge in [-0.05, 0) is 26.0 Å². The molecule has 0 N–H and O–H groups in total. The first kappa shape index (κ1) is 13.9. The van der Waals surface area contributed by atoms with E-state index in [1.165, 1.54) is 6.07 Å². The molecule has 1 aromatic heterocycles. The first-order valence-electron chi connectivity index (χ1n) is 6.15. The zero-order valence-corrected chi connectivity index (χ0v) is 11.7. The van der Waals surface area contributed by atoms with Crippen molar-refractivity contribution in [3.8, 4) is 5.75 Å². The molecule has 0 spiro atoms. The minimum absolute atomic E-state index is 0.221. The third-order valence-corrected chi connectivity index (χ3v) is 3.13. The average Bonchev–Trinajstić information content (AvgIpc) is 2.77. The maximum atomic E-state index is 13.7. The van der Waals surface area contributed by atoms with Crippen molar-refractivity contribution in [1.82, 2.24) is 9.78 Å². The standard InChI is InChI=1S/C14H16ClFN2O/c1-3-18-12(7-10(2)17-18)9-19-14-11(8-15)5-4-6-13(14)16/h4-7H,3,8-9H2,1-2H3. The van der Waals surface area contributed by atoms with Gasteiger partial charge in [-0.3, -0.25) is 4.68 Å². The lowest BCUT2D eigenvalue weighted by molar-refractivity contribution is 0.276. The fourth-order valence-corrected chi connectivity index (χ4v) is 2.17. The van der Waals surface area contributed by atoms with Crippen LogP contribution in [-0.2, 0) is 19.0 Å². The number of halogens is 2. The molecule has 0 saturated carbocycles. The zero-order chi connectivity index (χ0) is 13.8. The summed E-state index contributed by atoms with van der Waals surface area (Å²) in [6.07, 6.45) is 0. The Morgan fingerprint density at radius 3 is 2.89 bits per heavy atom. The summed E-state index contributed by atoms with van der Waals surface area (Å²) in [6.45, 7) is 4.96. The quantitative estimate of drug-likeness (QED) is 0.783. The predicted octanol–water partition coefficient (Wildman–Crippen LogP) is 3.67. The summed E-state index contributed by atoms with van der Waals surface area (Å²) >= 11 is 5.78. The molecular weight excluding hydrogens is 267 g/mol. The molecule has 3 nitrogen and oxygen atoms in total. The molecule has 5 heteroatoms. The number of alkyl halides is 1. The molecule has 19 heavy (non-hydrogen) atoms. The highest BCUT2D eigenvalue weighted by Gasteiger charge is 2.11. The van der Waals surface area contributed by atoms with E-state index in [1.54, 1.807) is 12.1 Å². The van der Waals surface area contributed by atoms with Crippen LogP contribution >= 0.6 is 11.6 Å². The zero-order valence-electron chi connectivity index (χ0n) is 11.0. The van der Waals surface area contributed by atoms with Crippen molar-refractivity contribution < 1.29 is 9.13 Å². The number of aromatic nitrogens is 2. The Labute approximate surface area is 117 Å². The molecule has 0 fully saturated rings. The molecule has 0 bridgehead atoms. The van der Waals surface area contributed by atoms with Gasteiger partial charge in [-0.15, -0.1) is 11.6 Å². The second kappa shape index (κ2) is 6.06. The van der Waals surface area contributed by atoms with Crippen LogP contribution in [0.2, 0.25) is 0 Å². The van der Waals surface area contributed by atoms with E-state index in [1.807, 2.05) is 24.6 Å². The van der Waals surface area contributed by atoms with Crippen LogP contribution in [0.5, 0.6) is 5.75 Å². The second-order valence-electron chi connectivity index (χ2n) is 4.24. The molecule has 0 aliphatic carbocycles. The van der Waals surface area contributed by atoms with Crippen LogP contribution in [0.25, 0.3) is 0 Å². The number of nitrogens with zero attached hydrogens (tertiary/aromatic N) is 2. The van der Waals surface area contributed by atoms with Crippen LogP contribution in [0, 0.1) is 12.7 Å². The van der Waals surface area contributed by atoms with Crippen LogP contribution in [0.3, 0.4) is 0 Å². The molecule has 0 saturated heterocycles. The van der Waals surface area contributed by atoms with Gasteiger partial charge in [-0.25, -0.2) is 4.39 Å². The van der Waals surface area contributed by atoms with Crippen molar-refractivity contribution in [1.29, 1.82) is 0 Å². The van der Waals surface area contributed by atoms with Crippen molar-refractivity contribution in [3.63, 3.8) is 0 Å². The number of aryl methyl sites for hydroxylation is 2. The topological polar surface area (TPSA) is 27.1 Å². The smallest absolute Gasteiger partial charge is 0.165 e. The van der Waals surface area contributed by atoms with E-state index in [4.69, 9.17) is 16.3 Å². The Hall–Kier alpha value is -1.55. The largest absolute Gasteiger partial charge is 0.484 e. The van der Waals surface area contributed by atoms with Crippen LogP contribution in [0.15, 0.2) is 24.3 Å². The van der Waals surface area contributed by atoms with Crippen LogP contribution in [-0.4, -0.2) is 9.78 Å². The lowest BCUT2D eigenvalue weighted by atomic mass is 10.2. The molecule has 2 rings (SSSR count). The summed E-state index contributed by atoms with van der Waals surface area (Å²) < 4.78 is 21.1. The Bertz CT molecular complexity index is 569. The summed E-state index contributed by atoms with van der Waals surface area (Å²) in [4.78, 5) is 0. The Morgan fingerprint density at radius 1 is 1.42 bits per heavy atom. The molecule has 0 radical (unpaired) electrons. The van der Waals surface area contributed by atoms with Gasteiger partial charge in [0.15, 0.2) is 11.6 Å². The van der Waals surface area contributed by atoms with Gasteiger partial charge in [0.2, 0.25) is 0 Å². The summed E-state index contributed by atoms with van der Waals surface area (Å²) in [7, 11) is 0. The number of hydrogen-bond acceptors (Lipinski definition) is 2. The van der Waals surface area contributed by atoms with Crippen LogP contribution < -0.4 is 4.74 Å². The highest BCUT2D eigenvalue weighted by Crippen LogP contribution is 2.25. The molecular formula is C14H16ClFN2O. The molecule has 1 aromatic carbocycles. The van der Waals surface area contributed by atoms with Crippen molar-refractivity contribution in [2.45, 2.75) is 32.9 Å². The summed E-state index contributed by atoms with van der Waals surface area (Å²) in [5, 5.41) is 4.32. The number of rotatable bonds is 5. The first-order valence-corrected chi connectivity index (χ1v) is 6.68. The highest BCUT2D eigenvalue weighted by molar-refractivity contribution is 6.17. The summed E-state index contributed by atoms with van der Waals surface area (Å²) in [5.41, 5.74) is 2.50. The maximum absolute atomic E-state index is 13.7. The van der Waals surface area contributed by atoms with Gasteiger partial charge in [0.1, 0.15) is 6.61 Å². The van der Waals surface area contributed by atoms with Gasteiger partial charge in [0.25, 0.3) is 0 Å². The maximum Gasteiger partial charge on any atom is 0.165 e. The van der Waals surface area contributed by atoms with E-state index in [-0.39, 0.29) is 18.2 Å². The van der Waals surface area contributed by atoms with E-state index in [2.05, 4.69) is 5.10 Å². The number of ether oxygens (including phenoxy) is 1. The molecule has 0 atom stereocenters. The fraction of sp³-hybridized carbons (Fsp3) is 0.357. The van der Waals surface area contributed by atoms with Gasteiger partial charge in [-0.1, -0.05) is 12.1 Å². The van der Waals surface area contributed by atoms with Crippen molar-refractivity contribution >= 4 is 11.6 Å². The lowest BCUT2D eigenvalue weighted by Gasteiger charge is -2.11. The Kier molecular flexibility index (Phi) is 4.43. The Balaban J connectivity index is 2.18. The minimum Gasteiger partial charge on any atom is -0.484 e. The van der Waals surface area contributed by atoms with Gasteiger partial charge in [0.05, 0.1) is 17.3 Å². The number of para-hydroxylation sites is 1. The van der Waals surface area contributed by atoms with Crippen molar-refractivity contribution in [2.24, 2.45) is 0 Å². The summed E-state index contributed by atoms with van der Waals surface area (Å²) in [5.74, 6) is 0.0514. The predicted molar refractivity (Wildman–Crippen MR) is 72.9 cm³/mol. The monoisotopic (exact) mass is 282 g/mol. The normalized spacial score (nSPS) is 10.7. The number of benzene rings is 1. The highest BCUT2D eigenvalue weighted by atomic mass is 35.5. The van der Waals surface area contributed by atoms with Crippen molar-refractivity contribution in [3.05, 3.63) is 47.0 Å². The van der Waals surface area contributed by atoms with E-state index in [9.17, 15) is 4.39 Å². The molecule has 0 aliphatic rings. The molecule has 0 unspecified atom stereocenters. The lowest BCUT2D eigenvalue weighted by Crippen LogP contribution is -2.07. The van der Waals surface area contributed by atoms with Crippen molar-refractivity contribution in [2.75, 3.05) is 0 Å². The van der Waals surface area contributed by atoms with E-state index in [0.29, 0.717) is 5.56 Å². The van der Waals surface area contributed by atoms with Gasteiger partial charge in [0, 0.05) is 12.1 Å². The van der Waals surface area contributed by atoms with Crippen LogP contribution in [0.1, 0.15) is 23.9 Å². The number of hydrogen-bond donors (Lipinski definition) is 0. The third-order valence-electron chi connectivity index (χ3n) is 2.84. The molecule has 0 amide bonds.